The van der Waals surface area contributed by atoms with Crippen molar-refractivity contribution in [3.63, 3.8) is 0 Å². The maximum atomic E-state index is 11.6. The molecule has 110 valence electrons. The lowest BCUT2D eigenvalue weighted by Gasteiger charge is -2.23. The molecule has 0 spiro atoms. The number of carbonyl (C=O) groups excluding carboxylic acids is 1. The maximum Gasteiger partial charge on any atom is 0.316 e. The van der Waals surface area contributed by atoms with E-state index in [4.69, 9.17) is 14.6 Å². The largest absolute Gasteiger partial charge is 0.493 e. The van der Waals surface area contributed by atoms with Gasteiger partial charge in [-0.25, -0.2) is 0 Å². The van der Waals surface area contributed by atoms with Crippen LogP contribution in [-0.4, -0.2) is 31.2 Å². The second-order valence-corrected chi connectivity index (χ2v) is 3.95. The highest BCUT2D eigenvalue weighted by Crippen LogP contribution is 2.36. The zero-order valence-electron chi connectivity index (χ0n) is 12.0. The van der Waals surface area contributed by atoms with E-state index in [2.05, 4.69) is 5.32 Å². The molecule has 0 aliphatic carbocycles. The normalized spacial score (nSPS) is 16.2. The summed E-state index contributed by atoms with van der Waals surface area (Å²) < 4.78 is 10.3. The summed E-state index contributed by atoms with van der Waals surface area (Å²) >= 11 is 0. The average Bonchev–Trinajstić information content (AvgIpc) is 2.46. The molecule has 6 heteroatoms. The quantitative estimate of drug-likeness (QED) is 0.827. The van der Waals surface area contributed by atoms with Gasteiger partial charge in [0.05, 0.1) is 14.2 Å². The van der Waals surface area contributed by atoms with Gasteiger partial charge in [-0.2, -0.15) is 0 Å². The second-order valence-electron chi connectivity index (χ2n) is 3.95. The van der Waals surface area contributed by atoms with Crippen molar-refractivity contribution in [2.45, 2.75) is 20.3 Å². The summed E-state index contributed by atoms with van der Waals surface area (Å²) in [5, 5.41) is 11.5. The van der Waals surface area contributed by atoms with Crippen LogP contribution in [0, 0.1) is 5.92 Å². The van der Waals surface area contributed by atoms with Gasteiger partial charge in [-0.05, 0) is 18.1 Å². The van der Waals surface area contributed by atoms with Crippen LogP contribution in [0.25, 0.3) is 0 Å². The van der Waals surface area contributed by atoms with Gasteiger partial charge < -0.3 is 19.9 Å². The highest BCUT2D eigenvalue weighted by Gasteiger charge is 2.32. The van der Waals surface area contributed by atoms with Crippen LogP contribution >= 0.6 is 0 Å². The topological polar surface area (TPSA) is 84.9 Å². The van der Waals surface area contributed by atoms with E-state index >= 15 is 0 Å². The number of hydrogen-bond donors (Lipinski definition) is 2. The van der Waals surface area contributed by atoms with Gasteiger partial charge in [-0.1, -0.05) is 13.8 Å². The molecule has 0 bridgehead atoms. The van der Waals surface area contributed by atoms with Crippen LogP contribution in [0.3, 0.4) is 0 Å². The van der Waals surface area contributed by atoms with Gasteiger partial charge in [0.2, 0.25) is 5.91 Å². The van der Waals surface area contributed by atoms with Gasteiger partial charge in [0.25, 0.3) is 0 Å². The summed E-state index contributed by atoms with van der Waals surface area (Å²) in [6.45, 7) is 4.00. The summed E-state index contributed by atoms with van der Waals surface area (Å²) in [7, 11) is 3.00. The number of carbonyl (C=O) groups is 2. The molecule has 0 saturated heterocycles. The van der Waals surface area contributed by atoms with Gasteiger partial charge in [-0.15, -0.1) is 0 Å². The fraction of sp³-hybridized carbons (Fsp3) is 0.429. The summed E-state index contributed by atoms with van der Waals surface area (Å²) in [4.78, 5) is 22.5. The number of carboxylic acid groups (broad SMARTS) is 1. The Morgan fingerprint density at radius 3 is 2.30 bits per heavy atom. The number of hydrogen-bond acceptors (Lipinski definition) is 4. The van der Waals surface area contributed by atoms with Crippen molar-refractivity contribution < 1.29 is 24.2 Å². The zero-order chi connectivity index (χ0) is 15.3. The molecule has 1 aliphatic rings. The molecule has 2 rings (SSSR count). The number of amides is 1. The van der Waals surface area contributed by atoms with Gasteiger partial charge >= 0.3 is 5.97 Å². The van der Waals surface area contributed by atoms with Crippen molar-refractivity contribution in [2.24, 2.45) is 5.92 Å². The van der Waals surface area contributed by atoms with Crippen molar-refractivity contribution in [3.05, 3.63) is 17.7 Å². The van der Waals surface area contributed by atoms with E-state index in [0.717, 1.165) is 5.56 Å². The number of nitrogens with one attached hydrogen (secondary N) is 1. The number of rotatable bonds is 3. The molecular formula is C14H19NO5. The lowest BCUT2D eigenvalue weighted by Crippen LogP contribution is -2.35. The Morgan fingerprint density at radius 2 is 1.80 bits per heavy atom. The molecule has 1 unspecified atom stereocenters. The fourth-order valence-corrected chi connectivity index (χ4v) is 1.94. The van der Waals surface area contributed by atoms with Crippen LogP contribution in [0.5, 0.6) is 11.5 Å². The van der Waals surface area contributed by atoms with Crippen LogP contribution < -0.4 is 14.8 Å². The predicted molar refractivity (Wildman–Crippen MR) is 74.4 cm³/mol. The SMILES string of the molecule is CC.COc1cc2c(cc1OC)NC(=O)C(C(=O)O)C2. The first-order valence-electron chi connectivity index (χ1n) is 6.35. The Morgan fingerprint density at radius 1 is 1.25 bits per heavy atom. The maximum absolute atomic E-state index is 11.6. The summed E-state index contributed by atoms with van der Waals surface area (Å²) in [5.41, 5.74) is 1.29. The Labute approximate surface area is 117 Å². The first-order chi connectivity index (χ1) is 9.56. The molecule has 20 heavy (non-hydrogen) atoms. The van der Waals surface area contributed by atoms with E-state index in [0.29, 0.717) is 17.2 Å². The number of methoxy groups -OCH3 is 2. The smallest absolute Gasteiger partial charge is 0.316 e. The van der Waals surface area contributed by atoms with Gasteiger partial charge in [-0.3, -0.25) is 9.59 Å². The number of carboxylic acids is 1. The highest BCUT2D eigenvalue weighted by atomic mass is 16.5. The zero-order valence-corrected chi connectivity index (χ0v) is 12.0. The Bertz CT molecular complexity index is 513. The summed E-state index contributed by atoms with van der Waals surface area (Å²) in [6, 6.07) is 3.31. The molecule has 2 N–H and O–H groups in total. The first kappa shape index (κ1) is 15.8. The molecule has 0 saturated carbocycles. The van der Waals surface area contributed by atoms with Crippen molar-refractivity contribution >= 4 is 17.6 Å². The van der Waals surface area contributed by atoms with Gasteiger partial charge in [0.15, 0.2) is 11.5 Å². The molecule has 1 heterocycles. The minimum absolute atomic E-state index is 0.150. The highest BCUT2D eigenvalue weighted by molar-refractivity contribution is 6.06. The monoisotopic (exact) mass is 281 g/mol. The Kier molecular flexibility index (Phi) is 5.37. The third kappa shape index (κ3) is 3.01. The minimum Gasteiger partial charge on any atom is -0.493 e. The average molecular weight is 281 g/mol. The van der Waals surface area contributed by atoms with E-state index in [1.165, 1.54) is 14.2 Å². The molecule has 0 radical (unpaired) electrons. The standard InChI is InChI=1S/C12H13NO5.C2H6/c1-17-9-4-6-3-7(12(15)16)11(14)13-8(6)5-10(9)18-2;1-2/h4-5,7H,3H2,1-2H3,(H,13,14)(H,15,16);1-2H3. The number of benzene rings is 1. The lowest BCUT2D eigenvalue weighted by atomic mass is 9.93. The third-order valence-corrected chi connectivity index (χ3v) is 2.91. The fourth-order valence-electron chi connectivity index (χ4n) is 1.94. The molecule has 1 aliphatic heterocycles. The lowest BCUT2D eigenvalue weighted by molar-refractivity contribution is -0.145. The third-order valence-electron chi connectivity index (χ3n) is 2.91. The van der Waals surface area contributed by atoms with Gasteiger partial charge in [0.1, 0.15) is 5.92 Å². The predicted octanol–water partition coefficient (Wildman–Crippen LogP) is 1.93. The number of fused-ring (bicyclic) bond motifs is 1. The molecule has 6 nitrogen and oxygen atoms in total. The molecule has 1 aromatic carbocycles. The molecule has 0 fully saturated rings. The van der Waals surface area contributed by atoms with Crippen LogP contribution in [0.1, 0.15) is 19.4 Å². The Hall–Kier alpha value is -2.24. The van der Waals surface area contributed by atoms with Crippen molar-refractivity contribution in [3.8, 4) is 11.5 Å². The van der Waals surface area contributed by atoms with E-state index in [1.54, 1.807) is 12.1 Å². The molecule has 1 atom stereocenters. The van der Waals surface area contributed by atoms with Gasteiger partial charge in [0, 0.05) is 11.8 Å². The van der Waals surface area contributed by atoms with Crippen molar-refractivity contribution in [2.75, 3.05) is 19.5 Å². The van der Waals surface area contributed by atoms with Crippen molar-refractivity contribution in [1.29, 1.82) is 0 Å². The molecule has 1 aromatic rings. The van der Waals surface area contributed by atoms with Crippen LogP contribution in [0.4, 0.5) is 5.69 Å². The summed E-state index contributed by atoms with van der Waals surface area (Å²) in [5.74, 6) is -1.70. The minimum atomic E-state index is -1.13. The molecule has 1 amide bonds. The van der Waals surface area contributed by atoms with Crippen LogP contribution in [-0.2, 0) is 16.0 Å². The first-order valence-corrected chi connectivity index (χ1v) is 6.35. The van der Waals surface area contributed by atoms with E-state index in [-0.39, 0.29) is 6.42 Å². The van der Waals surface area contributed by atoms with E-state index in [1.807, 2.05) is 13.8 Å². The van der Waals surface area contributed by atoms with E-state index in [9.17, 15) is 9.59 Å². The van der Waals surface area contributed by atoms with Crippen molar-refractivity contribution in [1.82, 2.24) is 0 Å². The van der Waals surface area contributed by atoms with E-state index < -0.39 is 17.8 Å². The van der Waals surface area contributed by atoms with Crippen LogP contribution in [0.15, 0.2) is 12.1 Å². The Balaban J connectivity index is 0.000000956. The number of aliphatic carboxylic acids is 1. The molecular weight excluding hydrogens is 262 g/mol. The number of ether oxygens (including phenoxy) is 2. The number of anilines is 1. The summed E-state index contributed by atoms with van der Waals surface area (Å²) in [6.07, 6.45) is 0.150. The second kappa shape index (κ2) is 6.79. The molecule has 0 aromatic heterocycles. The van der Waals surface area contributed by atoms with Crippen LogP contribution in [0.2, 0.25) is 0 Å².